The summed E-state index contributed by atoms with van der Waals surface area (Å²) in [7, 11) is 4.01. The summed E-state index contributed by atoms with van der Waals surface area (Å²) < 4.78 is 7.43. The summed E-state index contributed by atoms with van der Waals surface area (Å²) in [6.07, 6.45) is 2.15. The monoisotopic (exact) mass is 473 g/mol. The van der Waals surface area contributed by atoms with Gasteiger partial charge < -0.3 is 24.6 Å². The molecule has 2 aromatic carbocycles. The summed E-state index contributed by atoms with van der Waals surface area (Å²) in [5.41, 5.74) is 3.76. The van der Waals surface area contributed by atoms with Gasteiger partial charge in [0.05, 0.1) is 5.69 Å². The zero-order valence-electron chi connectivity index (χ0n) is 20.4. The molecule has 35 heavy (non-hydrogen) atoms. The fourth-order valence-electron chi connectivity index (χ4n) is 3.83. The summed E-state index contributed by atoms with van der Waals surface area (Å²) in [5.74, 6) is 1.13. The Morgan fingerprint density at radius 3 is 2.60 bits per heavy atom. The Morgan fingerprint density at radius 2 is 1.89 bits per heavy atom. The molecule has 0 radical (unpaired) electrons. The number of fused-ring (bicyclic) bond motifs is 1. The maximum absolute atomic E-state index is 13.5. The molecule has 8 nitrogen and oxygen atoms in total. The minimum Gasteiger partial charge on any atom is -0.492 e. The van der Waals surface area contributed by atoms with Gasteiger partial charge in [-0.25, -0.2) is 9.97 Å². The van der Waals surface area contributed by atoms with Gasteiger partial charge in [-0.15, -0.1) is 0 Å². The first-order chi connectivity index (χ1) is 17.0. The van der Waals surface area contributed by atoms with Crippen LogP contribution in [0.3, 0.4) is 0 Å². The maximum Gasteiger partial charge on any atom is 0.277 e. The number of aliphatic hydroxyl groups is 1. The zero-order chi connectivity index (χ0) is 24.8. The first-order valence-electron chi connectivity index (χ1n) is 11.7. The Labute approximate surface area is 204 Å². The number of rotatable bonds is 10. The van der Waals surface area contributed by atoms with Crippen LogP contribution in [0.4, 0.5) is 11.6 Å². The van der Waals surface area contributed by atoms with Crippen molar-refractivity contribution >= 4 is 22.5 Å². The van der Waals surface area contributed by atoms with Crippen LogP contribution in [0, 0.1) is 6.92 Å². The molecule has 0 aliphatic carbocycles. The van der Waals surface area contributed by atoms with Crippen molar-refractivity contribution in [3.05, 3.63) is 76.7 Å². The van der Waals surface area contributed by atoms with Crippen molar-refractivity contribution in [2.75, 3.05) is 39.2 Å². The fraction of sp³-hybridized carbons (Fsp3) is 0.296. The lowest BCUT2D eigenvalue weighted by molar-refractivity contribution is 0.261. The van der Waals surface area contributed by atoms with Crippen LogP contribution >= 0.6 is 0 Å². The largest absolute Gasteiger partial charge is 0.492 e. The van der Waals surface area contributed by atoms with E-state index in [2.05, 4.69) is 20.2 Å². The van der Waals surface area contributed by atoms with Crippen molar-refractivity contribution in [2.45, 2.75) is 19.9 Å². The van der Waals surface area contributed by atoms with E-state index in [1.807, 2.05) is 75.6 Å². The molecule has 182 valence electrons. The molecule has 2 heterocycles. The zero-order valence-corrected chi connectivity index (χ0v) is 20.4. The number of likely N-dealkylation sites (N-methyl/N-ethyl adjacent to an activating group) is 1. The van der Waals surface area contributed by atoms with Crippen LogP contribution in [-0.4, -0.2) is 58.4 Å². The number of pyridine rings is 1. The van der Waals surface area contributed by atoms with E-state index in [0.29, 0.717) is 36.4 Å². The van der Waals surface area contributed by atoms with Gasteiger partial charge in [0.1, 0.15) is 17.9 Å². The molecule has 2 N–H and O–H groups in total. The SMILES string of the molecule is Cc1ccccc1-c1cc2cnc(Nc3ccc(OCCN(C)C)cc3)nc2c(=O)n1CCCO. The van der Waals surface area contributed by atoms with E-state index in [0.717, 1.165) is 34.8 Å². The summed E-state index contributed by atoms with van der Waals surface area (Å²) >= 11 is 0. The second kappa shape index (κ2) is 11.1. The number of ether oxygens (including phenoxy) is 1. The van der Waals surface area contributed by atoms with Gasteiger partial charge >= 0.3 is 0 Å². The van der Waals surface area contributed by atoms with E-state index in [9.17, 15) is 9.90 Å². The normalized spacial score (nSPS) is 11.2. The number of anilines is 2. The lowest BCUT2D eigenvalue weighted by Crippen LogP contribution is -2.24. The van der Waals surface area contributed by atoms with Gasteiger partial charge in [-0.1, -0.05) is 24.3 Å². The molecule has 4 aromatic rings. The highest BCUT2D eigenvalue weighted by Gasteiger charge is 2.14. The third kappa shape index (κ3) is 5.85. The molecular formula is C27H31N5O3. The number of hydrogen-bond acceptors (Lipinski definition) is 7. The van der Waals surface area contributed by atoms with Crippen LogP contribution in [-0.2, 0) is 6.54 Å². The average molecular weight is 474 g/mol. The molecular weight excluding hydrogens is 442 g/mol. The van der Waals surface area contributed by atoms with Crippen molar-refractivity contribution in [3.8, 4) is 17.0 Å². The van der Waals surface area contributed by atoms with Gasteiger partial charge in [-0.2, -0.15) is 0 Å². The molecule has 2 aromatic heterocycles. The van der Waals surface area contributed by atoms with Gasteiger partial charge in [0, 0.05) is 42.5 Å². The molecule has 0 amide bonds. The minimum absolute atomic E-state index is 0.00310. The molecule has 0 aliphatic heterocycles. The van der Waals surface area contributed by atoms with Crippen molar-refractivity contribution < 1.29 is 9.84 Å². The quantitative estimate of drug-likeness (QED) is 0.362. The van der Waals surface area contributed by atoms with E-state index < -0.39 is 0 Å². The third-order valence-corrected chi connectivity index (χ3v) is 5.73. The highest BCUT2D eigenvalue weighted by atomic mass is 16.5. The number of aliphatic hydroxyl groups excluding tert-OH is 1. The van der Waals surface area contributed by atoms with Crippen LogP contribution in [0.1, 0.15) is 12.0 Å². The lowest BCUT2D eigenvalue weighted by atomic mass is 10.0. The molecule has 0 bridgehead atoms. The first-order valence-corrected chi connectivity index (χ1v) is 11.7. The smallest absolute Gasteiger partial charge is 0.277 e. The van der Waals surface area contributed by atoms with E-state index >= 15 is 0 Å². The van der Waals surface area contributed by atoms with Crippen molar-refractivity contribution in [1.82, 2.24) is 19.4 Å². The summed E-state index contributed by atoms with van der Waals surface area (Å²) in [4.78, 5) is 24.5. The van der Waals surface area contributed by atoms with Gasteiger partial charge in [0.25, 0.3) is 5.56 Å². The van der Waals surface area contributed by atoms with Gasteiger partial charge in [-0.05, 0) is 63.3 Å². The average Bonchev–Trinajstić information content (AvgIpc) is 2.85. The van der Waals surface area contributed by atoms with Crippen molar-refractivity contribution in [2.24, 2.45) is 0 Å². The fourth-order valence-corrected chi connectivity index (χ4v) is 3.83. The maximum atomic E-state index is 13.5. The Balaban J connectivity index is 1.63. The van der Waals surface area contributed by atoms with Gasteiger partial charge in [-0.3, -0.25) is 4.79 Å². The van der Waals surface area contributed by atoms with E-state index in [1.54, 1.807) is 10.8 Å². The first kappa shape index (κ1) is 24.4. The number of nitrogens with one attached hydrogen (secondary N) is 1. The Kier molecular flexibility index (Phi) is 7.74. The molecule has 0 saturated carbocycles. The minimum atomic E-state index is -0.204. The molecule has 0 saturated heterocycles. The Morgan fingerprint density at radius 1 is 1.11 bits per heavy atom. The second-order valence-electron chi connectivity index (χ2n) is 8.68. The van der Waals surface area contributed by atoms with Crippen LogP contribution in [0.15, 0.2) is 65.6 Å². The highest BCUT2D eigenvalue weighted by molar-refractivity contribution is 5.83. The molecule has 4 rings (SSSR count). The van der Waals surface area contributed by atoms with E-state index in [4.69, 9.17) is 4.74 Å². The number of hydrogen-bond donors (Lipinski definition) is 2. The van der Waals surface area contributed by atoms with Crippen molar-refractivity contribution in [1.29, 1.82) is 0 Å². The molecule has 0 atom stereocenters. The standard InChI is InChI=1S/C27H31N5O3/c1-19-7-4-5-8-23(19)24-17-20-18-28-27(30-25(20)26(34)32(24)13-6-15-33)29-21-9-11-22(12-10-21)35-16-14-31(2)3/h4-5,7-12,17-18,33H,6,13-16H2,1-3H3,(H,28,29,30). The topological polar surface area (TPSA) is 92.5 Å². The second-order valence-corrected chi connectivity index (χ2v) is 8.68. The number of nitrogens with zero attached hydrogens (tertiary/aromatic N) is 4. The summed E-state index contributed by atoms with van der Waals surface area (Å²) in [6, 6.07) is 17.4. The van der Waals surface area contributed by atoms with Crippen molar-refractivity contribution in [3.63, 3.8) is 0 Å². The number of benzene rings is 2. The van der Waals surface area contributed by atoms with Crippen LogP contribution < -0.4 is 15.6 Å². The number of aryl methyl sites for hydroxylation is 1. The van der Waals surface area contributed by atoms with Crippen LogP contribution in [0.25, 0.3) is 22.2 Å². The molecule has 0 spiro atoms. The highest BCUT2D eigenvalue weighted by Crippen LogP contribution is 2.26. The summed E-state index contributed by atoms with van der Waals surface area (Å²) in [6.45, 7) is 3.87. The lowest BCUT2D eigenvalue weighted by Gasteiger charge is -2.16. The molecule has 0 aliphatic rings. The Bertz CT molecular complexity index is 1350. The molecule has 0 fully saturated rings. The van der Waals surface area contributed by atoms with Crippen LogP contribution in [0.2, 0.25) is 0 Å². The van der Waals surface area contributed by atoms with E-state index in [-0.39, 0.29) is 12.2 Å². The van der Waals surface area contributed by atoms with Gasteiger partial charge in [0.15, 0.2) is 0 Å². The van der Waals surface area contributed by atoms with Gasteiger partial charge in [0.2, 0.25) is 5.95 Å². The Hall–Kier alpha value is -3.75. The molecule has 0 unspecified atom stereocenters. The number of aromatic nitrogens is 3. The predicted octanol–water partition coefficient (Wildman–Crippen LogP) is 3.83. The summed E-state index contributed by atoms with van der Waals surface area (Å²) in [5, 5.41) is 13.2. The molecule has 8 heteroatoms. The third-order valence-electron chi connectivity index (χ3n) is 5.73. The van der Waals surface area contributed by atoms with Crippen LogP contribution in [0.5, 0.6) is 5.75 Å². The van der Waals surface area contributed by atoms with E-state index in [1.165, 1.54) is 0 Å². The predicted molar refractivity (Wildman–Crippen MR) is 139 cm³/mol.